The molecule has 1 N–H and O–H groups in total. The summed E-state index contributed by atoms with van der Waals surface area (Å²) in [6.45, 7) is 6.50. The van der Waals surface area contributed by atoms with Crippen LogP contribution in [0.25, 0.3) is 0 Å². The van der Waals surface area contributed by atoms with Crippen LogP contribution in [-0.4, -0.2) is 0 Å². The van der Waals surface area contributed by atoms with Crippen LogP contribution in [0, 0.1) is 12.8 Å². The Balaban J connectivity index is 2.30. The largest absolute Gasteiger partial charge is 0.378 e. The van der Waals surface area contributed by atoms with E-state index in [-0.39, 0.29) is 0 Å². The minimum Gasteiger partial charge on any atom is -0.378 e. The van der Waals surface area contributed by atoms with E-state index in [2.05, 4.69) is 49.5 Å². The molecule has 0 aliphatic rings. The topological polar surface area (TPSA) is 12.0 Å². The van der Waals surface area contributed by atoms with E-state index in [0.29, 0.717) is 12.0 Å². The van der Waals surface area contributed by atoms with Crippen molar-refractivity contribution >= 4 is 17.3 Å². The van der Waals surface area contributed by atoms with Crippen LogP contribution in [0.5, 0.6) is 0 Å². The fourth-order valence-corrected chi connectivity index (χ4v) is 2.40. The second-order valence-electron chi connectivity index (χ2n) is 5.19. The van der Waals surface area contributed by atoms with Crippen molar-refractivity contribution in [2.24, 2.45) is 5.92 Å². The first-order valence-electron chi connectivity index (χ1n) is 6.66. The third kappa shape index (κ3) is 3.30. The lowest BCUT2D eigenvalue weighted by Gasteiger charge is -2.25. The molecule has 1 nitrogen and oxygen atoms in total. The van der Waals surface area contributed by atoms with Crippen molar-refractivity contribution in [2.75, 3.05) is 5.32 Å². The van der Waals surface area contributed by atoms with Gasteiger partial charge in [-0.15, -0.1) is 0 Å². The SMILES string of the molecule is Cc1c(Cl)cccc1NC(c1ccccc1)C(C)C. The molecule has 1 atom stereocenters. The lowest BCUT2D eigenvalue weighted by molar-refractivity contribution is 0.546. The highest BCUT2D eigenvalue weighted by molar-refractivity contribution is 6.31. The Labute approximate surface area is 120 Å². The second-order valence-corrected chi connectivity index (χ2v) is 5.60. The number of hydrogen-bond acceptors (Lipinski definition) is 1. The minimum atomic E-state index is 0.290. The van der Waals surface area contributed by atoms with Crippen LogP contribution in [0.2, 0.25) is 5.02 Å². The summed E-state index contributed by atoms with van der Waals surface area (Å²) in [5.74, 6) is 0.501. The van der Waals surface area contributed by atoms with E-state index in [1.165, 1.54) is 5.56 Å². The molecule has 0 aliphatic heterocycles. The lowest BCUT2D eigenvalue weighted by Crippen LogP contribution is -2.17. The molecule has 0 amide bonds. The van der Waals surface area contributed by atoms with E-state index in [9.17, 15) is 0 Å². The predicted octanol–water partition coefficient (Wildman–Crippen LogP) is 5.46. The highest BCUT2D eigenvalue weighted by Gasteiger charge is 2.16. The molecule has 0 aromatic heterocycles. The molecule has 100 valence electrons. The van der Waals surface area contributed by atoms with Crippen molar-refractivity contribution in [1.82, 2.24) is 0 Å². The first-order valence-corrected chi connectivity index (χ1v) is 7.04. The van der Waals surface area contributed by atoms with Crippen LogP contribution in [0.3, 0.4) is 0 Å². The van der Waals surface area contributed by atoms with Gasteiger partial charge < -0.3 is 5.32 Å². The number of nitrogens with one attached hydrogen (secondary N) is 1. The summed E-state index contributed by atoms with van der Waals surface area (Å²) in [4.78, 5) is 0. The Morgan fingerprint density at radius 2 is 1.63 bits per heavy atom. The number of benzene rings is 2. The Hall–Kier alpha value is -1.47. The average molecular weight is 274 g/mol. The Morgan fingerprint density at radius 3 is 2.26 bits per heavy atom. The summed E-state index contributed by atoms with van der Waals surface area (Å²) in [5.41, 5.74) is 3.51. The molecule has 0 spiro atoms. The van der Waals surface area contributed by atoms with Gasteiger partial charge in [0.15, 0.2) is 0 Å². The quantitative estimate of drug-likeness (QED) is 0.780. The zero-order chi connectivity index (χ0) is 13.8. The van der Waals surface area contributed by atoms with Gasteiger partial charge in [0.25, 0.3) is 0 Å². The normalized spacial score (nSPS) is 12.5. The molecular formula is C17H20ClN. The number of halogens is 1. The monoisotopic (exact) mass is 273 g/mol. The van der Waals surface area contributed by atoms with Gasteiger partial charge in [0.1, 0.15) is 0 Å². The van der Waals surface area contributed by atoms with E-state index < -0.39 is 0 Å². The molecule has 2 rings (SSSR count). The molecule has 0 heterocycles. The molecule has 2 aromatic carbocycles. The van der Waals surface area contributed by atoms with Gasteiger partial charge in [-0.3, -0.25) is 0 Å². The van der Waals surface area contributed by atoms with Gasteiger partial charge in [0, 0.05) is 10.7 Å². The Kier molecular flexibility index (Phi) is 4.49. The van der Waals surface area contributed by atoms with Gasteiger partial charge in [0.05, 0.1) is 6.04 Å². The zero-order valence-corrected chi connectivity index (χ0v) is 12.4. The predicted molar refractivity (Wildman–Crippen MR) is 83.8 cm³/mol. The first-order chi connectivity index (χ1) is 9.09. The molecule has 2 heteroatoms. The molecule has 0 bridgehead atoms. The summed E-state index contributed by atoms with van der Waals surface area (Å²) < 4.78 is 0. The van der Waals surface area contributed by atoms with Gasteiger partial charge in [-0.05, 0) is 36.1 Å². The maximum atomic E-state index is 6.18. The van der Waals surface area contributed by atoms with Crippen molar-refractivity contribution < 1.29 is 0 Å². The van der Waals surface area contributed by atoms with E-state index in [1.807, 2.05) is 25.1 Å². The highest BCUT2D eigenvalue weighted by Crippen LogP contribution is 2.30. The fraction of sp³-hybridized carbons (Fsp3) is 0.294. The van der Waals surface area contributed by atoms with Crippen LogP contribution in [0.4, 0.5) is 5.69 Å². The Morgan fingerprint density at radius 1 is 0.947 bits per heavy atom. The molecule has 0 fully saturated rings. The smallest absolute Gasteiger partial charge is 0.0536 e. The van der Waals surface area contributed by atoms with Crippen LogP contribution in [-0.2, 0) is 0 Å². The molecule has 0 saturated carbocycles. The third-order valence-corrected chi connectivity index (χ3v) is 3.81. The molecule has 0 saturated heterocycles. The lowest BCUT2D eigenvalue weighted by atomic mass is 9.95. The van der Waals surface area contributed by atoms with Crippen LogP contribution >= 0.6 is 11.6 Å². The third-order valence-electron chi connectivity index (χ3n) is 3.40. The minimum absolute atomic E-state index is 0.290. The Bertz CT molecular complexity index is 534. The van der Waals surface area contributed by atoms with E-state index in [1.54, 1.807) is 0 Å². The summed E-state index contributed by atoms with van der Waals surface area (Å²) >= 11 is 6.18. The first kappa shape index (κ1) is 14.0. The molecular weight excluding hydrogens is 254 g/mol. The molecule has 2 aromatic rings. The summed E-state index contributed by atoms with van der Waals surface area (Å²) in [7, 11) is 0. The van der Waals surface area contributed by atoms with Gasteiger partial charge in [-0.2, -0.15) is 0 Å². The summed E-state index contributed by atoms with van der Waals surface area (Å²) in [5, 5.41) is 4.43. The van der Waals surface area contributed by atoms with Crippen molar-refractivity contribution in [2.45, 2.75) is 26.8 Å². The van der Waals surface area contributed by atoms with Crippen LogP contribution < -0.4 is 5.32 Å². The maximum absolute atomic E-state index is 6.18. The standard InChI is InChI=1S/C17H20ClN/c1-12(2)17(14-8-5-4-6-9-14)19-16-11-7-10-15(18)13(16)3/h4-12,17,19H,1-3H3. The number of rotatable bonds is 4. The van der Waals surface area contributed by atoms with Crippen molar-refractivity contribution in [3.63, 3.8) is 0 Å². The molecule has 19 heavy (non-hydrogen) atoms. The highest BCUT2D eigenvalue weighted by atomic mass is 35.5. The fourth-order valence-electron chi connectivity index (χ4n) is 2.23. The molecule has 0 aliphatic carbocycles. The van der Waals surface area contributed by atoms with Gasteiger partial charge in [-0.1, -0.05) is 61.8 Å². The number of hydrogen-bond donors (Lipinski definition) is 1. The average Bonchev–Trinajstić information content (AvgIpc) is 2.41. The van der Waals surface area contributed by atoms with E-state index >= 15 is 0 Å². The maximum Gasteiger partial charge on any atom is 0.0536 e. The van der Waals surface area contributed by atoms with Crippen molar-refractivity contribution in [3.05, 3.63) is 64.7 Å². The van der Waals surface area contributed by atoms with Gasteiger partial charge in [-0.25, -0.2) is 0 Å². The zero-order valence-electron chi connectivity index (χ0n) is 11.7. The van der Waals surface area contributed by atoms with Crippen LogP contribution in [0.1, 0.15) is 31.0 Å². The van der Waals surface area contributed by atoms with Crippen molar-refractivity contribution in [1.29, 1.82) is 0 Å². The molecule has 0 radical (unpaired) electrons. The molecule has 1 unspecified atom stereocenters. The number of anilines is 1. The van der Waals surface area contributed by atoms with Crippen molar-refractivity contribution in [3.8, 4) is 0 Å². The van der Waals surface area contributed by atoms with E-state index in [4.69, 9.17) is 11.6 Å². The van der Waals surface area contributed by atoms with Crippen LogP contribution in [0.15, 0.2) is 48.5 Å². The summed E-state index contributed by atoms with van der Waals surface area (Å²) in [6, 6.07) is 16.8. The van der Waals surface area contributed by atoms with Gasteiger partial charge in [0.2, 0.25) is 0 Å². The summed E-state index contributed by atoms with van der Waals surface area (Å²) in [6.07, 6.45) is 0. The second kappa shape index (κ2) is 6.12. The van der Waals surface area contributed by atoms with E-state index in [0.717, 1.165) is 16.3 Å². The van der Waals surface area contributed by atoms with Gasteiger partial charge >= 0.3 is 0 Å².